The van der Waals surface area contributed by atoms with Crippen LogP contribution in [-0.2, 0) is 0 Å². The second kappa shape index (κ2) is 6.07. The van der Waals surface area contributed by atoms with Crippen LogP contribution in [0.4, 0.5) is 5.69 Å². The lowest BCUT2D eigenvalue weighted by Gasteiger charge is -2.07. The smallest absolute Gasteiger partial charge is 0.283 e. The Labute approximate surface area is 124 Å². The van der Waals surface area contributed by atoms with Crippen LogP contribution < -0.4 is 0 Å². The molecule has 0 N–H and O–H groups in total. The zero-order valence-electron chi connectivity index (χ0n) is 10.5. The lowest BCUT2D eigenvalue weighted by atomic mass is 10.1. The molecule has 102 valence electrons. The topological polar surface area (TPSA) is 60.2 Å². The molecule has 4 nitrogen and oxygen atoms in total. The van der Waals surface area contributed by atoms with Gasteiger partial charge in [-0.25, -0.2) is 0 Å². The van der Waals surface area contributed by atoms with Crippen molar-refractivity contribution < 1.29 is 9.72 Å². The van der Waals surface area contributed by atoms with Gasteiger partial charge in [0.25, 0.3) is 5.69 Å². The van der Waals surface area contributed by atoms with Crippen molar-refractivity contribution in [2.24, 2.45) is 0 Å². The monoisotopic (exact) mass is 307 g/mol. The summed E-state index contributed by atoms with van der Waals surface area (Å²) in [5, 5.41) is 11.7. The summed E-state index contributed by atoms with van der Waals surface area (Å²) < 4.78 is 0. The summed E-state index contributed by atoms with van der Waals surface area (Å²) in [7, 11) is 0. The fourth-order valence-electron chi connectivity index (χ4n) is 1.67. The molecule has 0 fully saturated rings. The molecule has 0 aliphatic carbocycles. The summed E-state index contributed by atoms with van der Waals surface area (Å²) in [4.78, 5) is 23.4. The van der Waals surface area contributed by atoms with Gasteiger partial charge in [0, 0.05) is 21.5 Å². The van der Waals surface area contributed by atoms with E-state index in [4.69, 9.17) is 11.6 Å². The average Bonchev–Trinajstić information content (AvgIpc) is 2.41. The first kappa shape index (κ1) is 14.6. The molecule has 0 saturated carbocycles. The van der Waals surface area contributed by atoms with Crippen molar-refractivity contribution >= 4 is 34.8 Å². The van der Waals surface area contributed by atoms with Gasteiger partial charge in [0.2, 0.25) is 0 Å². The number of carbonyl (C=O) groups excluding carboxylic acids is 1. The van der Waals surface area contributed by atoms with Crippen molar-refractivity contribution in [1.29, 1.82) is 0 Å². The Hall–Kier alpha value is -1.85. The molecule has 0 spiro atoms. The summed E-state index contributed by atoms with van der Waals surface area (Å²) in [6, 6.07) is 11.4. The number of rotatable bonds is 4. The minimum Gasteiger partial charge on any atom is -0.294 e. The lowest BCUT2D eigenvalue weighted by Crippen LogP contribution is -1.99. The highest BCUT2D eigenvalue weighted by atomic mass is 35.5. The van der Waals surface area contributed by atoms with E-state index in [1.165, 1.54) is 30.8 Å². The summed E-state index contributed by atoms with van der Waals surface area (Å²) in [5.41, 5.74) is 0.275. The number of carbonyl (C=O) groups is 1. The molecule has 0 saturated heterocycles. The Balaban J connectivity index is 2.50. The van der Waals surface area contributed by atoms with Crippen molar-refractivity contribution in [3.63, 3.8) is 0 Å². The summed E-state index contributed by atoms with van der Waals surface area (Å²) in [5.74, 6) is -0.204. The van der Waals surface area contributed by atoms with Crippen LogP contribution in [0.15, 0.2) is 52.3 Å². The summed E-state index contributed by atoms with van der Waals surface area (Å²) in [6.45, 7) is 1.39. The minimum absolute atomic E-state index is 0.0716. The van der Waals surface area contributed by atoms with Crippen LogP contribution in [0.25, 0.3) is 0 Å². The van der Waals surface area contributed by atoms with E-state index in [-0.39, 0.29) is 11.5 Å². The third-order valence-corrected chi connectivity index (χ3v) is 4.00. The molecule has 2 aromatic rings. The second-order valence-corrected chi connectivity index (χ2v) is 5.54. The minimum atomic E-state index is -0.481. The van der Waals surface area contributed by atoms with Crippen LogP contribution in [0.1, 0.15) is 17.3 Å². The highest BCUT2D eigenvalue weighted by molar-refractivity contribution is 7.99. The first-order valence-electron chi connectivity index (χ1n) is 5.71. The van der Waals surface area contributed by atoms with Gasteiger partial charge in [-0.2, -0.15) is 0 Å². The van der Waals surface area contributed by atoms with Gasteiger partial charge in [-0.1, -0.05) is 29.4 Å². The number of hydrogen-bond acceptors (Lipinski definition) is 4. The predicted molar refractivity (Wildman–Crippen MR) is 78.7 cm³/mol. The fourth-order valence-corrected chi connectivity index (χ4v) is 2.88. The molecule has 2 aromatic carbocycles. The van der Waals surface area contributed by atoms with Crippen molar-refractivity contribution in [3.8, 4) is 0 Å². The van der Waals surface area contributed by atoms with Gasteiger partial charge in [-0.05, 0) is 37.3 Å². The van der Waals surface area contributed by atoms with Crippen molar-refractivity contribution in [2.75, 3.05) is 0 Å². The van der Waals surface area contributed by atoms with Crippen LogP contribution in [0.2, 0.25) is 5.02 Å². The van der Waals surface area contributed by atoms with E-state index < -0.39 is 4.92 Å². The van der Waals surface area contributed by atoms with E-state index in [0.717, 1.165) is 4.90 Å². The van der Waals surface area contributed by atoms with Gasteiger partial charge in [0.15, 0.2) is 5.78 Å². The van der Waals surface area contributed by atoms with Gasteiger partial charge in [-0.3, -0.25) is 14.9 Å². The Bertz CT molecular complexity index is 638. The van der Waals surface area contributed by atoms with E-state index in [9.17, 15) is 14.9 Å². The quantitative estimate of drug-likeness (QED) is 0.470. The van der Waals surface area contributed by atoms with Gasteiger partial charge >= 0.3 is 0 Å². The number of nitro groups is 1. The molecule has 0 bridgehead atoms. The molecule has 20 heavy (non-hydrogen) atoms. The number of Topliss-reactive ketones (excluding diaryl/α,β-unsaturated/α-hetero) is 1. The molecule has 0 radical (unpaired) electrons. The molecule has 0 aliphatic heterocycles. The molecule has 6 heteroatoms. The van der Waals surface area contributed by atoms with E-state index in [2.05, 4.69) is 0 Å². The van der Waals surface area contributed by atoms with Crippen molar-refractivity contribution in [1.82, 2.24) is 0 Å². The fraction of sp³-hybridized carbons (Fsp3) is 0.0714. The van der Waals surface area contributed by atoms with E-state index >= 15 is 0 Å². The third kappa shape index (κ3) is 3.18. The van der Waals surface area contributed by atoms with Crippen LogP contribution in [0.3, 0.4) is 0 Å². The largest absolute Gasteiger partial charge is 0.294 e. The summed E-state index contributed by atoms with van der Waals surface area (Å²) in [6.07, 6.45) is 0. The Kier molecular flexibility index (Phi) is 4.42. The van der Waals surface area contributed by atoms with Crippen LogP contribution in [0, 0.1) is 10.1 Å². The molecular formula is C14H10ClNO3S. The molecule has 2 rings (SSSR count). The maximum Gasteiger partial charge on any atom is 0.283 e. The highest BCUT2D eigenvalue weighted by Crippen LogP contribution is 2.37. The molecule has 0 aromatic heterocycles. The van der Waals surface area contributed by atoms with Crippen LogP contribution >= 0.6 is 23.4 Å². The lowest BCUT2D eigenvalue weighted by molar-refractivity contribution is -0.387. The average molecular weight is 308 g/mol. The SMILES string of the molecule is CC(=O)c1cccc([N+](=O)[O-])c1Sc1ccc(Cl)cc1. The maximum absolute atomic E-state index is 11.6. The number of halogens is 1. The zero-order valence-corrected chi connectivity index (χ0v) is 12.1. The van der Waals surface area contributed by atoms with E-state index in [1.54, 1.807) is 30.3 Å². The van der Waals surface area contributed by atoms with Crippen LogP contribution in [0.5, 0.6) is 0 Å². The molecule has 0 amide bonds. The Morgan fingerprint density at radius 1 is 1.20 bits per heavy atom. The number of ketones is 1. The molecule has 0 aliphatic rings. The number of benzene rings is 2. The standard InChI is InChI=1S/C14H10ClNO3S/c1-9(17)12-3-2-4-13(16(18)19)14(12)20-11-7-5-10(15)6-8-11/h2-8H,1H3. The Morgan fingerprint density at radius 3 is 2.40 bits per heavy atom. The molecular weight excluding hydrogens is 298 g/mol. The van der Waals surface area contributed by atoms with Gasteiger partial charge in [0.1, 0.15) is 4.90 Å². The van der Waals surface area contributed by atoms with Crippen LogP contribution in [-0.4, -0.2) is 10.7 Å². The number of nitrogens with zero attached hydrogens (tertiary/aromatic N) is 1. The van der Waals surface area contributed by atoms with E-state index in [1.807, 2.05) is 0 Å². The van der Waals surface area contributed by atoms with E-state index in [0.29, 0.717) is 15.5 Å². The van der Waals surface area contributed by atoms with Crippen molar-refractivity contribution in [2.45, 2.75) is 16.7 Å². The first-order valence-corrected chi connectivity index (χ1v) is 6.90. The number of nitro benzene ring substituents is 1. The summed E-state index contributed by atoms with van der Waals surface area (Å²) >= 11 is 6.99. The normalized spacial score (nSPS) is 10.3. The Morgan fingerprint density at radius 2 is 1.85 bits per heavy atom. The van der Waals surface area contributed by atoms with Gasteiger partial charge in [0.05, 0.1) is 4.92 Å². The molecule has 0 heterocycles. The molecule has 0 atom stereocenters. The first-order chi connectivity index (χ1) is 9.49. The molecule has 0 unspecified atom stereocenters. The van der Waals surface area contributed by atoms with Crippen molar-refractivity contribution in [3.05, 3.63) is 63.2 Å². The van der Waals surface area contributed by atoms with Gasteiger partial charge in [-0.15, -0.1) is 0 Å². The van der Waals surface area contributed by atoms with Gasteiger partial charge < -0.3 is 0 Å². The predicted octanol–water partition coefficient (Wildman–Crippen LogP) is 4.60. The third-order valence-electron chi connectivity index (χ3n) is 2.60. The second-order valence-electron chi connectivity index (χ2n) is 4.02. The number of hydrogen-bond donors (Lipinski definition) is 0. The maximum atomic E-state index is 11.6. The zero-order chi connectivity index (χ0) is 14.7. The highest BCUT2D eigenvalue weighted by Gasteiger charge is 2.20.